The highest BCUT2D eigenvalue weighted by molar-refractivity contribution is 6.03. The first kappa shape index (κ1) is 19.4. The number of carbonyl (C=O) groups is 1. The van der Waals surface area contributed by atoms with E-state index in [-0.39, 0.29) is 17.4 Å². The van der Waals surface area contributed by atoms with Crippen LogP contribution in [0.5, 0.6) is 0 Å². The topological polar surface area (TPSA) is 93.4 Å². The summed E-state index contributed by atoms with van der Waals surface area (Å²) in [5.74, 6) is -0.186. The number of aromatic nitrogens is 6. The van der Waals surface area contributed by atoms with E-state index < -0.39 is 0 Å². The third-order valence-electron chi connectivity index (χ3n) is 5.80. The van der Waals surface area contributed by atoms with Crippen LogP contribution in [0.3, 0.4) is 0 Å². The maximum atomic E-state index is 12.8. The molecule has 154 valence electrons. The van der Waals surface area contributed by atoms with Crippen LogP contribution >= 0.6 is 0 Å². The number of hydrogen-bond acceptors (Lipinski definition) is 4. The largest absolute Gasteiger partial charge is 0.318 e. The molecule has 29 heavy (non-hydrogen) atoms. The van der Waals surface area contributed by atoms with E-state index in [1.165, 1.54) is 0 Å². The number of rotatable bonds is 6. The molecule has 0 saturated heterocycles. The molecule has 0 aliphatic heterocycles. The van der Waals surface area contributed by atoms with E-state index in [0.29, 0.717) is 11.4 Å². The Morgan fingerprint density at radius 3 is 2.83 bits per heavy atom. The Bertz CT molecular complexity index is 1010. The van der Waals surface area contributed by atoms with E-state index >= 15 is 0 Å². The van der Waals surface area contributed by atoms with Crippen molar-refractivity contribution in [2.45, 2.75) is 66.0 Å². The molecule has 0 bridgehead atoms. The second-order valence-electron chi connectivity index (χ2n) is 8.59. The molecule has 8 nitrogen and oxygen atoms in total. The Morgan fingerprint density at radius 2 is 2.10 bits per heavy atom. The number of anilines is 1. The fraction of sp³-hybridized carbons (Fsp3) is 0.524. The first-order valence-electron chi connectivity index (χ1n) is 10.3. The molecule has 1 amide bonds. The van der Waals surface area contributed by atoms with Gasteiger partial charge in [0.05, 0.1) is 24.1 Å². The molecule has 0 spiro atoms. The minimum Gasteiger partial charge on any atom is -0.318 e. The number of aryl methyl sites for hydroxylation is 1. The van der Waals surface area contributed by atoms with Gasteiger partial charge in [0.25, 0.3) is 5.91 Å². The first-order valence-corrected chi connectivity index (χ1v) is 10.3. The van der Waals surface area contributed by atoms with Gasteiger partial charge in [0.1, 0.15) is 0 Å². The van der Waals surface area contributed by atoms with Gasteiger partial charge in [-0.15, -0.1) is 0 Å². The zero-order valence-corrected chi connectivity index (χ0v) is 17.6. The highest BCUT2D eigenvalue weighted by Gasteiger charge is 2.30. The van der Waals surface area contributed by atoms with Crippen molar-refractivity contribution in [3.8, 4) is 0 Å². The van der Waals surface area contributed by atoms with Crippen LogP contribution in [-0.4, -0.2) is 35.7 Å². The smallest absolute Gasteiger partial charge is 0.276 e. The number of nitrogens with zero attached hydrogens (tertiary/aromatic N) is 5. The van der Waals surface area contributed by atoms with Crippen LogP contribution < -0.4 is 5.32 Å². The van der Waals surface area contributed by atoms with Gasteiger partial charge in [-0.2, -0.15) is 15.3 Å². The Morgan fingerprint density at radius 1 is 1.28 bits per heavy atom. The molecule has 3 aromatic heterocycles. The summed E-state index contributed by atoms with van der Waals surface area (Å²) >= 11 is 0. The summed E-state index contributed by atoms with van der Waals surface area (Å²) in [6.45, 7) is 9.51. The van der Waals surface area contributed by atoms with Crippen LogP contribution in [0.1, 0.15) is 73.9 Å². The molecule has 4 rings (SSSR count). The number of amides is 1. The lowest BCUT2D eigenvalue weighted by Gasteiger charge is -2.28. The summed E-state index contributed by atoms with van der Waals surface area (Å²) in [5.41, 5.74) is 4.66. The molecular formula is C21H29N7O. The molecule has 0 fully saturated rings. The van der Waals surface area contributed by atoms with E-state index in [2.05, 4.69) is 53.4 Å². The Balaban J connectivity index is 1.49. The van der Waals surface area contributed by atoms with Gasteiger partial charge in [-0.25, -0.2) is 0 Å². The van der Waals surface area contributed by atoms with Gasteiger partial charge >= 0.3 is 0 Å². The lowest BCUT2D eigenvalue weighted by atomic mass is 9.76. The summed E-state index contributed by atoms with van der Waals surface area (Å²) in [6, 6.07) is 0.0846. The fourth-order valence-corrected chi connectivity index (χ4v) is 4.10. The van der Waals surface area contributed by atoms with E-state index in [4.69, 9.17) is 0 Å². The van der Waals surface area contributed by atoms with E-state index in [1.54, 1.807) is 6.20 Å². The van der Waals surface area contributed by atoms with Crippen molar-refractivity contribution < 1.29 is 4.79 Å². The zero-order valence-electron chi connectivity index (χ0n) is 17.6. The molecule has 0 saturated carbocycles. The summed E-state index contributed by atoms with van der Waals surface area (Å²) in [6.07, 6.45) is 11.2. The highest BCUT2D eigenvalue weighted by atomic mass is 16.2. The highest BCUT2D eigenvalue weighted by Crippen LogP contribution is 2.35. The van der Waals surface area contributed by atoms with Gasteiger partial charge in [0, 0.05) is 35.8 Å². The SMILES string of the molecule is CCC(c1cnn(CC)c1)n1cc(NC(=O)c2n[nH]c3c2CCC(C)(C)C3)cn1. The van der Waals surface area contributed by atoms with Crippen molar-refractivity contribution in [3.05, 3.63) is 47.3 Å². The molecule has 1 atom stereocenters. The molecular weight excluding hydrogens is 366 g/mol. The van der Waals surface area contributed by atoms with Gasteiger partial charge in [0.15, 0.2) is 5.69 Å². The van der Waals surface area contributed by atoms with Gasteiger partial charge < -0.3 is 5.32 Å². The molecule has 1 aliphatic rings. The third kappa shape index (κ3) is 3.83. The average Bonchev–Trinajstić information content (AvgIpc) is 3.41. The van der Waals surface area contributed by atoms with E-state index in [0.717, 1.165) is 49.0 Å². The van der Waals surface area contributed by atoms with Crippen LogP contribution in [0.4, 0.5) is 5.69 Å². The number of nitrogens with one attached hydrogen (secondary N) is 2. The standard InChI is InChI=1S/C21H29N7O/c1-5-18(14-10-22-27(6-2)12-14)28-13-15(11-23-28)24-20(29)19-16-7-8-21(3,4)9-17(16)25-26-19/h10-13,18H,5-9H2,1-4H3,(H,24,29)(H,25,26). The number of carbonyl (C=O) groups excluding carboxylic acids is 1. The average molecular weight is 396 g/mol. The summed E-state index contributed by atoms with van der Waals surface area (Å²) in [5, 5.41) is 19.2. The van der Waals surface area contributed by atoms with Crippen molar-refractivity contribution in [2.75, 3.05) is 5.32 Å². The molecule has 0 aromatic carbocycles. The Kier molecular flexibility index (Phi) is 5.02. The van der Waals surface area contributed by atoms with Gasteiger partial charge in [-0.3, -0.25) is 19.3 Å². The van der Waals surface area contributed by atoms with Crippen LogP contribution in [-0.2, 0) is 19.4 Å². The van der Waals surface area contributed by atoms with E-state index in [9.17, 15) is 4.79 Å². The van der Waals surface area contributed by atoms with Crippen molar-refractivity contribution in [2.24, 2.45) is 5.41 Å². The summed E-state index contributed by atoms with van der Waals surface area (Å²) in [7, 11) is 0. The van der Waals surface area contributed by atoms with Crippen LogP contribution in [0, 0.1) is 5.41 Å². The normalized spacial score (nSPS) is 16.4. The summed E-state index contributed by atoms with van der Waals surface area (Å²) < 4.78 is 3.79. The maximum absolute atomic E-state index is 12.8. The van der Waals surface area contributed by atoms with Crippen LogP contribution in [0.25, 0.3) is 0 Å². The molecule has 8 heteroatoms. The fourth-order valence-electron chi connectivity index (χ4n) is 4.10. The molecule has 0 radical (unpaired) electrons. The monoisotopic (exact) mass is 395 g/mol. The first-order chi connectivity index (χ1) is 13.9. The Labute approximate surface area is 170 Å². The van der Waals surface area contributed by atoms with Crippen LogP contribution in [0.2, 0.25) is 0 Å². The van der Waals surface area contributed by atoms with Gasteiger partial charge in [-0.1, -0.05) is 20.8 Å². The minimum absolute atomic E-state index is 0.0846. The molecule has 2 N–H and O–H groups in total. The van der Waals surface area contributed by atoms with Crippen molar-refractivity contribution in [1.29, 1.82) is 0 Å². The number of fused-ring (bicyclic) bond motifs is 1. The van der Waals surface area contributed by atoms with Crippen molar-refractivity contribution >= 4 is 11.6 Å². The second kappa shape index (κ2) is 7.50. The second-order valence-corrected chi connectivity index (χ2v) is 8.59. The van der Waals surface area contributed by atoms with Gasteiger partial charge in [0.2, 0.25) is 0 Å². The van der Waals surface area contributed by atoms with E-state index in [1.807, 2.05) is 28.0 Å². The molecule has 1 aliphatic carbocycles. The quantitative estimate of drug-likeness (QED) is 0.667. The zero-order chi connectivity index (χ0) is 20.6. The summed E-state index contributed by atoms with van der Waals surface area (Å²) in [4.78, 5) is 12.8. The molecule has 1 unspecified atom stereocenters. The molecule has 3 aromatic rings. The molecule has 3 heterocycles. The third-order valence-corrected chi connectivity index (χ3v) is 5.80. The minimum atomic E-state index is -0.186. The predicted molar refractivity (Wildman–Crippen MR) is 111 cm³/mol. The van der Waals surface area contributed by atoms with Crippen molar-refractivity contribution in [3.63, 3.8) is 0 Å². The maximum Gasteiger partial charge on any atom is 0.276 e. The number of H-pyrrole nitrogens is 1. The Hall–Kier alpha value is -2.90. The predicted octanol–water partition coefficient (Wildman–Crippen LogP) is 3.59. The number of hydrogen-bond donors (Lipinski definition) is 2. The number of aromatic amines is 1. The van der Waals surface area contributed by atoms with Gasteiger partial charge in [-0.05, 0) is 38.0 Å². The lowest BCUT2D eigenvalue weighted by molar-refractivity contribution is 0.102. The van der Waals surface area contributed by atoms with Crippen molar-refractivity contribution in [1.82, 2.24) is 29.8 Å². The van der Waals surface area contributed by atoms with Crippen LogP contribution in [0.15, 0.2) is 24.8 Å². The lowest BCUT2D eigenvalue weighted by Crippen LogP contribution is -2.23.